The summed E-state index contributed by atoms with van der Waals surface area (Å²) in [6, 6.07) is 2.70. The van der Waals surface area contributed by atoms with Crippen LogP contribution in [-0.2, 0) is 24.8 Å². The van der Waals surface area contributed by atoms with Crippen LogP contribution >= 0.6 is 0 Å². The zero-order chi connectivity index (χ0) is 20.4. The molecule has 13 nitrogen and oxygen atoms in total. The molecule has 142 valence electrons. The van der Waals surface area contributed by atoms with Gasteiger partial charge in [-0.25, -0.2) is 14.2 Å². The van der Waals surface area contributed by atoms with Gasteiger partial charge in [-0.2, -0.15) is 10.2 Å². The quantitative estimate of drug-likeness (QED) is 0.274. The molecule has 0 saturated heterocycles. The number of aliphatic carboxylic acids is 1. The summed E-state index contributed by atoms with van der Waals surface area (Å²) in [5.41, 5.74) is 1.00. The van der Waals surface area contributed by atoms with Crippen molar-refractivity contribution >= 4 is 23.5 Å². The normalized spacial score (nSPS) is 21.3. The average Bonchev–Trinajstić information content (AvgIpc) is 2.84. The van der Waals surface area contributed by atoms with E-state index >= 15 is 0 Å². The van der Waals surface area contributed by atoms with Crippen molar-refractivity contribution in [2.24, 2.45) is 0 Å². The number of aromatic nitrogens is 2. The van der Waals surface area contributed by atoms with Gasteiger partial charge in [-0.1, -0.05) is 0 Å². The van der Waals surface area contributed by atoms with Crippen LogP contribution in [0.2, 0.25) is 0 Å². The van der Waals surface area contributed by atoms with E-state index in [1.54, 1.807) is 6.07 Å². The molecule has 27 heavy (non-hydrogen) atoms. The van der Waals surface area contributed by atoms with Gasteiger partial charge in [0.1, 0.15) is 17.6 Å². The van der Waals surface area contributed by atoms with E-state index in [1.807, 2.05) is 0 Å². The monoisotopic (exact) mass is 379 g/mol. The van der Waals surface area contributed by atoms with Crippen LogP contribution in [0.1, 0.15) is 6.42 Å². The lowest BCUT2D eigenvalue weighted by molar-refractivity contribution is -0.140. The lowest BCUT2D eigenvalue weighted by Crippen LogP contribution is -2.48. The molecule has 0 aromatic carbocycles. The first-order chi connectivity index (χ1) is 12.6. The number of hydrogen-bond acceptors (Lipinski definition) is 11. The number of carbonyl (C=O) groups excluding carboxylic acids is 1. The van der Waals surface area contributed by atoms with E-state index in [9.17, 15) is 29.9 Å². The topological polar surface area (TPSA) is 222 Å². The number of hydrogen-bond donors (Lipinski definition) is 5. The number of nitriles is 1. The van der Waals surface area contributed by atoms with Crippen molar-refractivity contribution in [3.63, 3.8) is 0 Å². The van der Waals surface area contributed by atoms with Crippen LogP contribution in [0.25, 0.3) is 0 Å². The molecule has 0 bridgehead atoms. The van der Waals surface area contributed by atoms with Gasteiger partial charge in [0.25, 0.3) is 0 Å². The molecule has 13 heteroatoms. The fourth-order valence-corrected chi connectivity index (χ4v) is 2.17. The van der Waals surface area contributed by atoms with Crippen LogP contribution in [0.5, 0.6) is 0 Å². The Labute approximate surface area is 150 Å². The van der Waals surface area contributed by atoms with Crippen molar-refractivity contribution in [1.82, 2.24) is 9.55 Å². The first-order valence-electron chi connectivity index (χ1n) is 7.14. The summed E-state index contributed by atoms with van der Waals surface area (Å²) in [4.78, 5) is 37.4. The Morgan fingerprint density at radius 3 is 2.78 bits per heavy atom. The summed E-state index contributed by atoms with van der Waals surface area (Å²) in [6.07, 6.45) is -1.90. The lowest BCUT2D eigenvalue weighted by atomic mass is 10.1. The molecule has 1 aromatic rings. The molecule has 2 atom stereocenters. The Bertz CT molecular complexity index is 946. The van der Waals surface area contributed by atoms with Gasteiger partial charge < -0.3 is 30.5 Å². The summed E-state index contributed by atoms with van der Waals surface area (Å²) in [6.45, 7) is -0.829. The molecular weight excluding hydrogens is 366 g/mol. The SMILES string of the molecule is N#C[C@@]1(n2ccc(N)nc2=O)OC(COC(=O)C(=N)CC(=O)O)=C(O)C1O. The maximum atomic E-state index is 12.0. The van der Waals surface area contributed by atoms with Crippen LogP contribution in [0.3, 0.4) is 0 Å². The van der Waals surface area contributed by atoms with Crippen LogP contribution in [0.15, 0.2) is 28.6 Å². The summed E-state index contributed by atoms with van der Waals surface area (Å²) >= 11 is 0. The van der Waals surface area contributed by atoms with Crippen LogP contribution < -0.4 is 11.4 Å². The summed E-state index contributed by atoms with van der Waals surface area (Å²) in [5.74, 6) is -4.34. The van der Waals surface area contributed by atoms with E-state index < -0.39 is 59.7 Å². The van der Waals surface area contributed by atoms with Gasteiger partial charge in [0.05, 0.1) is 6.42 Å². The molecule has 1 aliphatic rings. The first-order valence-corrected chi connectivity index (χ1v) is 7.14. The summed E-state index contributed by atoms with van der Waals surface area (Å²) < 4.78 is 10.4. The highest BCUT2D eigenvalue weighted by Gasteiger charge is 2.53. The molecule has 1 aromatic heterocycles. The predicted octanol–water partition coefficient (Wildman–Crippen LogP) is -1.80. The maximum absolute atomic E-state index is 12.0. The number of aliphatic hydroxyl groups excluding tert-OH is 2. The van der Waals surface area contributed by atoms with Gasteiger partial charge >= 0.3 is 23.4 Å². The molecule has 1 unspecified atom stereocenters. The van der Waals surface area contributed by atoms with E-state index in [0.29, 0.717) is 4.57 Å². The smallest absolute Gasteiger partial charge is 0.353 e. The zero-order valence-corrected chi connectivity index (χ0v) is 13.4. The number of carbonyl (C=O) groups is 2. The Morgan fingerprint density at radius 2 is 2.22 bits per heavy atom. The fourth-order valence-electron chi connectivity index (χ4n) is 2.17. The van der Waals surface area contributed by atoms with Crippen molar-refractivity contribution in [2.75, 3.05) is 12.3 Å². The fraction of sp³-hybridized carbons (Fsp3) is 0.286. The molecule has 0 fully saturated rings. The maximum Gasteiger partial charge on any atom is 0.353 e. The van der Waals surface area contributed by atoms with Crippen molar-refractivity contribution in [1.29, 1.82) is 10.7 Å². The van der Waals surface area contributed by atoms with Crippen molar-refractivity contribution < 1.29 is 34.4 Å². The van der Waals surface area contributed by atoms with Gasteiger partial charge in [-0.15, -0.1) is 0 Å². The number of carboxylic acids is 1. The molecule has 1 aliphatic heterocycles. The van der Waals surface area contributed by atoms with Gasteiger partial charge in [0.15, 0.2) is 24.2 Å². The zero-order valence-electron chi connectivity index (χ0n) is 13.4. The minimum absolute atomic E-state index is 0.153. The number of nitrogens with zero attached hydrogens (tertiary/aromatic N) is 3. The van der Waals surface area contributed by atoms with Crippen molar-refractivity contribution in [2.45, 2.75) is 18.2 Å². The van der Waals surface area contributed by atoms with Crippen LogP contribution in [0.4, 0.5) is 5.82 Å². The Morgan fingerprint density at radius 1 is 1.56 bits per heavy atom. The second-order valence-electron chi connectivity index (χ2n) is 5.25. The predicted molar refractivity (Wildman–Crippen MR) is 84.2 cm³/mol. The van der Waals surface area contributed by atoms with E-state index in [1.165, 1.54) is 0 Å². The molecule has 6 N–H and O–H groups in total. The number of anilines is 1. The Hall–Kier alpha value is -3.92. The Kier molecular flexibility index (Phi) is 5.13. The standard InChI is InChI=1S/C14H13N5O8/c15-5-14(19-2-1-8(17)18-13(19)25)11(23)10(22)7(27-14)4-26-12(24)6(16)3-9(20)21/h1-2,11,16,22-23H,3-4H2,(H,20,21)(H2,17,18,25)/t11?,14-/m1/s1. The molecule has 0 radical (unpaired) electrons. The Balaban J connectivity index is 2.23. The number of nitrogens with two attached hydrogens (primary N) is 1. The lowest BCUT2D eigenvalue weighted by Gasteiger charge is -2.26. The molecular formula is C14H13N5O8. The second-order valence-corrected chi connectivity index (χ2v) is 5.25. The number of rotatable bonds is 6. The third-order valence-electron chi connectivity index (χ3n) is 3.45. The van der Waals surface area contributed by atoms with Gasteiger partial charge in [0.2, 0.25) is 0 Å². The molecule has 2 heterocycles. The van der Waals surface area contributed by atoms with Gasteiger partial charge in [-0.05, 0) is 6.07 Å². The number of nitrogens with one attached hydrogen (secondary N) is 1. The molecule has 0 saturated carbocycles. The first kappa shape index (κ1) is 19.4. The van der Waals surface area contributed by atoms with Crippen molar-refractivity contribution in [3.8, 4) is 6.07 Å². The van der Waals surface area contributed by atoms with Crippen LogP contribution in [-0.4, -0.2) is 55.2 Å². The van der Waals surface area contributed by atoms with E-state index in [-0.39, 0.29) is 5.82 Å². The third-order valence-corrected chi connectivity index (χ3v) is 3.45. The second kappa shape index (κ2) is 7.14. The number of aliphatic hydroxyl groups is 2. The highest BCUT2D eigenvalue weighted by atomic mass is 16.6. The van der Waals surface area contributed by atoms with E-state index in [4.69, 9.17) is 21.0 Å². The molecule has 2 rings (SSSR count). The molecule has 0 spiro atoms. The van der Waals surface area contributed by atoms with Crippen molar-refractivity contribution in [3.05, 3.63) is 34.3 Å². The number of ether oxygens (including phenoxy) is 2. The molecule has 0 aliphatic carbocycles. The summed E-state index contributed by atoms with van der Waals surface area (Å²) in [5, 5.41) is 45.4. The highest BCUT2D eigenvalue weighted by Crippen LogP contribution is 2.36. The van der Waals surface area contributed by atoms with Gasteiger partial charge in [-0.3, -0.25) is 10.2 Å². The summed E-state index contributed by atoms with van der Waals surface area (Å²) in [7, 11) is 0. The minimum Gasteiger partial charge on any atom is -0.506 e. The highest BCUT2D eigenvalue weighted by molar-refractivity contribution is 6.38. The van der Waals surface area contributed by atoms with E-state index in [2.05, 4.69) is 9.72 Å². The van der Waals surface area contributed by atoms with E-state index in [0.717, 1.165) is 12.3 Å². The average molecular weight is 379 g/mol. The minimum atomic E-state index is -2.43. The largest absolute Gasteiger partial charge is 0.506 e. The van der Waals surface area contributed by atoms with Gasteiger partial charge in [0, 0.05) is 6.20 Å². The third kappa shape index (κ3) is 3.55. The number of nitrogen functional groups attached to an aromatic ring is 1. The number of esters is 1. The van der Waals surface area contributed by atoms with Crippen LogP contribution in [0, 0.1) is 16.7 Å². The number of carboxylic acid groups (broad SMARTS) is 1. The molecule has 0 amide bonds.